The van der Waals surface area contributed by atoms with Crippen LogP contribution < -0.4 is 26.4 Å². The number of urea groups is 1. The number of aromatic hydroxyl groups is 1. The van der Waals surface area contributed by atoms with E-state index in [1.165, 1.54) is 38.4 Å². The highest BCUT2D eigenvalue weighted by Gasteiger charge is 2.21. The number of amides is 4. The van der Waals surface area contributed by atoms with Gasteiger partial charge in [-0.25, -0.2) is 4.79 Å². The lowest BCUT2D eigenvalue weighted by molar-refractivity contribution is -0.123. The van der Waals surface area contributed by atoms with Crippen LogP contribution in [0, 0.1) is 5.92 Å². The Balaban J connectivity index is 1.64. The fourth-order valence-electron chi connectivity index (χ4n) is 4.19. The minimum absolute atomic E-state index is 0.116. The van der Waals surface area contributed by atoms with Gasteiger partial charge < -0.3 is 31.5 Å². The molecule has 9 heteroatoms. The van der Waals surface area contributed by atoms with Crippen LogP contribution in [-0.2, 0) is 17.8 Å². The van der Waals surface area contributed by atoms with E-state index >= 15 is 0 Å². The largest absolute Gasteiger partial charge is 0.508 e. The average Bonchev–Trinajstić information content (AvgIpc) is 2.87. The molecule has 1 aliphatic carbocycles. The van der Waals surface area contributed by atoms with Gasteiger partial charge in [-0.3, -0.25) is 9.59 Å². The normalized spacial score (nSPS) is 14.5. The second-order valence-corrected chi connectivity index (χ2v) is 8.87. The molecule has 1 saturated carbocycles. The number of ether oxygens (including phenoxy) is 1. The van der Waals surface area contributed by atoms with Crippen molar-refractivity contribution in [3.8, 4) is 11.5 Å². The summed E-state index contributed by atoms with van der Waals surface area (Å²) in [5.41, 5.74) is 7.31. The topological polar surface area (TPSA) is 143 Å². The molecule has 6 N–H and O–H groups in total. The first-order valence-corrected chi connectivity index (χ1v) is 11.9. The Kier molecular flexibility index (Phi) is 9.34. The Bertz CT molecular complexity index is 1020. The zero-order valence-electron chi connectivity index (χ0n) is 20.0. The molecule has 4 amide bonds. The van der Waals surface area contributed by atoms with Crippen LogP contribution in [0.4, 0.5) is 4.79 Å². The van der Waals surface area contributed by atoms with Gasteiger partial charge in [0.1, 0.15) is 17.5 Å². The smallest absolute Gasteiger partial charge is 0.315 e. The molecule has 188 valence electrons. The van der Waals surface area contributed by atoms with Crippen molar-refractivity contribution >= 4 is 17.8 Å². The van der Waals surface area contributed by atoms with Crippen LogP contribution in [-0.4, -0.2) is 42.6 Å². The van der Waals surface area contributed by atoms with Crippen molar-refractivity contribution in [3.05, 3.63) is 59.2 Å². The minimum atomic E-state index is -0.840. The van der Waals surface area contributed by atoms with Crippen LogP contribution in [0.2, 0.25) is 0 Å². The summed E-state index contributed by atoms with van der Waals surface area (Å²) in [4.78, 5) is 36.8. The number of rotatable bonds is 10. The van der Waals surface area contributed by atoms with Crippen LogP contribution in [0.5, 0.6) is 11.5 Å². The maximum atomic E-state index is 12.9. The molecule has 0 spiro atoms. The number of benzene rings is 2. The number of carbonyl (C=O) groups is 3. The van der Waals surface area contributed by atoms with Gasteiger partial charge in [0, 0.05) is 20.0 Å². The second-order valence-electron chi connectivity index (χ2n) is 8.87. The van der Waals surface area contributed by atoms with Crippen molar-refractivity contribution in [2.45, 2.75) is 51.1 Å². The van der Waals surface area contributed by atoms with Gasteiger partial charge in [-0.05, 0) is 54.2 Å². The van der Waals surface area contributed by atoms with Gasteiger partial charge in [0.2, 0.25) is 5.91 Å². The van der Waals surface area contributed by atoms with Crippen LogP contribution in [0.15, 0.2) is 42.5 Å². The molecule has 1 aliphatic rings. The van der Waals surface area contributed by atoms with Gasteiger partial charge >= 0.3 is 6.03 Å². The van der Waals surface area contributed by atoms with Gasteiger partial charge in [0.25, 0.3) is 5.91 Å². The van der Waals surface area contributed by atoms with Crippen molar-refractivity contribution in [3.63, 3.8) is 0 Å². The van der Waals surface area contributed by atoms with Gasteiger partial charge in [0.05, 0.1) is 12.2 Å². The van der Waals surface area contributed by atoms with Crippen molar-refractivity contribution in [2.24, 2.45) is 11.7 Å². The highest BCUT2D eigenvalue weighted by molar-refractivity contribution is 5.96. The monoisotopic (exact) mass is 482 g/mol. The van der Waals surface area contributed by atoms with Crippen molar-refractivity contribution in [1.29, 1.82) is 0 Å². The van der Waals surface area contributed by atoms with E-state index in [4.69, 9.17) is 10.5 Å². The SMILES string of the molecule is CNC(=O)N[C@@H](Cc1ccc(O)cc1)C(=O)NCc1ccc(OCC2CCCCC2)c(C(N)=O)c1. The lowest BCUT2D eigenvalue weighted by atomic mass is 9.90. The molecule has 0 heterocycles. The Morgan fingerprint density at radius 1 is 1.06 bits per heavy atom. The number of carbonyl (C=O) groups excluding carboxylic acids is 3. The molecule has 1 atom stereocenters. The first-order valence-electron chi connectivity index (χ1n) is 11.9. The van der Waals surface area contributed by atoms with E-state index in [2.05, 4.69) is 16.0 Å². The summed E-state index contributed by atoms with van der Waals surface area (Å²) in [7, 11) is 1.47. The fraction of sp³-hybridized carbons (Fsp3) is 0.423. The first kappa shape index (κ1) is 25.9. The van der Waals surface area contributed by atoms with Crippen LogP contribution >= 0.6 is 0 Å². The zero-order valence-corrected chi connectivity index (χ0v) is 20.0. The number of phenolic OH excluding ortho intramolecular Hbond substituents is 1. The summed E-state index contributed by atoms with van der Waals surface area (Å²) >= 11 is 0. The Morgan fingerprint density at radius 2 is 1.74 bits per heavy atom. The third-order valence-corrected chi connectivity index (χ3v) is 6.20. The number of hydrogen-bond acceptors (Lipinski definition) is 5. The standard InChI is InChI=1S/C26H34N4O5/c1-28-26(34)30-22(14-17-7-10-20(31)11-8-17)25(33)29-15-19-9-12-23(21(13-19)24(27)32)35-16-18-5-3-2-4-6-18/h7-13,18,22,31H,2-6,14-16H2,1H3,(H2,27,32)(H,29,33)(H2,28,30,34)/t22-/m0/s1. The third kappa shape index (κ3) is 7.91. The molecule has 0 saturated heterocycles. The Morgan fingerprint density at radius 3 is 2.40 bits per heavy atom. The van der Waals surface area contributed by atoms with Crippen LogP contribution in [0.3, 0.4) is 0 Å². The van der Waals surface area contributed by atoms with Crippen LogP contribution in [0.25, 0.3) is 0 Å². The minimum Gasteiger partial charge on any atom is -0.508 e. The highest BCUT2D eigenvalue weighted by atomic mass is 16.5. The van der Waals surface area contributed by atoms with Crippen LogP contribution in [0.1, 0.15) is 53.6 Å². The summed E-state index contributed by atoms with van der Waals surface area (Å²) < 4.78 is 5.93. The van der Waals surface area contributed by atoms with Crippen molar-refractivity contribution in [1.82, 2.24) is 16.0 Å². The Hall–Kier alpha value is -3.75. The molecule has 9 nitrogen and oxygen atoms in total. The van der Waals surface area contributed by atoms with E-state index in [1.54, 1.807) is 30.3 Å². The first-order chi connectivity index (χ1) is 16.9. The third-order valence-electron chi connectivity index (χ3n) is 6.20. The molecular weight excluding hydrogens is 448 g/mol. The van der Waals surface area contributed by atoms with E-state index in [0.717, 1.165) is 18.4 Å². The zero-order chi connectivity index (χ0) is 25.2. The summed E-state index contributed by atoms with van der Waals surface area (Å²) in [5, 5.41) is 17.4. The molecule has 0 unspecified atom stereocenters. The molecule has 0 aromatic heterocycles. The van der Waals surface area contributed by atoms with Gasteiger partial charge in [0.15, 0.2) is 0 Å². The summed E-state index contributed by atoms with van der Waals surface area (Å²) in [6, 6.07) is 10.2. The molecule has 2 aromatic rings. The van der Waals surface area contributed by atoms with E-state index in [0.29, 0.717) is 23.8 Å². The molecule has 0 radical (unpaired) electrons. The summed E-state index contributed by atoms with van der Waals surface area (Å²) in [5.74, 6) is 0.0695. The quantitative estimate of drug-likeness (QED) is 0.354. The molecule has 0 aliphatic heterocycles. The number of phenols is 1. The van der Waals surface area contributed by atoms with Gasteiger partial charge in [-0.15, -0.1) is 0 Å². The van der Waals surface area contributed by atoms with E-state index in [-0.39, 0.29) is 30.2 Å². The average molecular weight is 483 g/mol. The summed E-state index contributed by atoms with van der Waals surface area (Å²) in [6.07, 6.45) is 6.17. The second kappa shape index (κ2) is 12.6. The fourth-order valence-corrected chi connectivity index (χ4v) is 4.19. The molecule has 0 bridgehead atoms. The molecule has 35 heavy (non-hydrogen) atoms. The van der Waals surface area contributed by atoms with Crippen molar-refractivity contribution < 1.29 is 24.2 Å². The number of primary amides is 1. The predicted molar refractivity (Wildman–Crippen MR) is 132 cm³/mol. The maximum Gasteiger partial charge on any atom is 0.315 e. The number of hydrogen-bond donors (Lipinski definition) is 5. The molecular formula is C26H34N4O5. The molecule has 2 aromatic carbocycles. The summed E-state index contributed by atoms with van der Waals surface area (Å²) in [6.45, 7) is 0.698. The lowest BCUT2D eigenvalue weighted by Crippen LogP contribution is -2.50. The van der Waals surface area contributed by atoms with E-state index in [9.17, 15) is 19.5 Å². The number of nitrogens with one attached hydrogen (secondary N) is 3. The van der Waals surface area contributed by atoms with E-state index in [1.807, 2.05) is 0 Å². The van der Waals surface area contributed by atoms with Crippen molar-refractivity contribution in [2.75, 3.05) is 13.7 Å². The lowest BCUT2D eigenvalue weighted by Gasteiger charge is -2.22. The van der Waals surface area contributed by atoms with Gasteiger partial charge in [-0.1, -0.05) is 37.5 Å². The highest BCUT2D eigenvalue weighted by Crippen LogP contribution is 2.26. The Labute approximate surface area is 205 Å². The van der Waals surface area contributed by atoms with E-state index < -0.39 is 18.0 Å². The van der Waals surface area contributed by atoms with Gasteiger partial charge in [-0.2, -0.15) is 0 Å². The molecule has 3 rings (SSSR count). The molecule has 1 fully saturated rings. The maximum absolute atomic E-state index is 12.9. The number of nitrogens with two attached hydrogens (primary N) is 1. The predicted octanol–water partition coefficient (Wildman–Crippen LogP) is 2.61.